The Bertz CT molecular complexity index is 634. The molecule has 0 amide bonds. The Morgan fingerprint density at radius 2 is 0.278 bits per heavy atom. The number of quaternary nitrogens is 1. The zero-order valence-corrected chi connectivity index (χ0v) is 39.1. The summed E-state index contributed by atoms with van der Waals surface area (Å²) in [4.78, 5) is 0. The molecule has 0 spiro atoms. The molecule has 0 bridgehead atoms. The van der Waals surface area contributed by atoms with E-state index in [0.29, 0.717) is 0 Å². The van der Waals surface area contributed by atoms with Gasteiger partial charge in [-0.15, -0.1) is 0 Å². The van der Waals surface area contributed by atoms with Gasteiger partial charge in [-0.1, -0.05) is 302 Å². The van der Waals surface area contributed by atoms with E-state index in [4.69, 9.17) is 0 Å². The summed E-state index contributed by atoms with van der Waals surface area (Å²) in [7, 11) is 6.94. The maximum atomic E-state index is 2.31. The summed E-state index contributed by atoms with van der Waals surface area (Å²) in [6, 6.07) is 0. The smallest absolute Gasteiger partial charge is 0.0780 e. The molecular formula is C53H110N+. The Morgan fingerprint density at radius 1 is 0.167 bits per heavy atom. The SMILES string of the molecule is CCCCCCCCCCCCCCCCCCCCCCCCCCCCCCCCCCCCCCCCCCCCCCCCCC[N+](C)(C)C. The molecule has 0 aliphatic rings. The lowest BCUT2D eigenvalue weighted by molar-refractivity contribution is -0.870. The average molecular weight is 761 g/mol. The molecule has 0 saturated heterocycles. The third-order valence-electron chi connectivity index (χ3n) is 12.7. The van der Waals surface area contributed by atoms with Gasteiger partial charge in [0.15, 0.2) is 0 Å². The minimum Gasteiger partial charge on any atom is -0.331 e. The van der Waals surface area contributed by atoms with Crippen molar-refractivity contribution < 1.29 is 4.48 Å². The number of nitrogens with zero attached hydrogens (tertiary/aromatic N) is 1. The Morgan fingerprint density at radius 3 is 0.389 bits per heavy atom. The molecule has 0 unspecified atom stereocenters. The molecule has 0 aliphatic carbocycles. The molecular weight excluding hydrogens is 651 g/mol. The summed E-state index contributed by atoms with van der Waals surface area (Å²) in [5.74, 6) is 0. The largest absolute Gasteiger partial charge is 0.331 e. The third-order valence-corrected chi connectivity index (χ3v) is 12.7. The first-order chi connectivity index (χ1) is 26.6. The van der Waals surface area contributed by atoms with Crippen LogP contribution in [0.3, 0.4) is 0 Å². The van der Waals surface area contributed by atoms with Gasteiger partial charge in [0.2, 0.25) is 0 Å². The van der Waals surface area contributed by atoms with E-state index in [1.165, 1.54) is 315 Å². The molecule has 0 fully saturated rings. The molecule has 1 nitrogen and oxygen atoms in total. The maximum Gasteiger partial charge on any atom is 0.0780 e. The molecule has 0 rings (SSSR count). The summed E-state index contributed by atoms with van der Waals surface area (Å²) in [6.07, 6.45) is 71.3. The number of unbranched alkanes of at least 4 members (excludes halogenated alkanes) is 47. The highest BCUT2D eigenvalue weighted by atomic mass is 15.3. The van der Waals surface area contributed by atoms with Crippen LogP contribution >= 0.6 is 0 Å². The summed E-state index contributed by atoms with van der Waals surface area (Å²) in [5.41, 5.74) is 0. The van der Waals surface area contributed by atoms with Crippen molar-refractivity contribution in [1.29, 1.82) is 0 Å². The topological polar surface area (TPSA) is 0 Å². The molecule has 0 radical (unpaired) electrons. The minimum absolute atomic E-state index is 1.12. The van der Waals surface area contributed by atoms with Crippen LogP contribution < -0.4 is 0 Å². The lowest BCUT2D eigenvalue weighted by Crippen LogP contribution is -2.35. The van der Waals surface area contributed by atoms with Crippen LogP contribution in [0.2, 0.25) is 0 Å². The van der Waals surface area contributed by atoms with Crippen molar-refractivity contribution in [3.05, 3.63) is 0 Å². The lowest BCUT2D eigenvalue weighted by Gasteiger charge is -2.23. The van der Waals surface area contributed by atoms with Gasteiger partial charge >= 0.3 is 0 Å². The fourth-order valence-electron chi connectivity index (χ4n) is 8.79. The first-order valence-electron chi connectivity index (χ1n) is 26.4. The van der Waals surface area contributed by atoms with Crippen molar-refractivity contribution in [3.63, 3.8) is 0 Å². The second-order valence-corrected chi connectivity index (χ2v) is 19.6. The van der Waals surface area contributed by atoms with Crippen LogP contribution in [-0.2, 0) is 0 Å². The molecule has 326 valence electrons. The summed E-state index contributed by atoms with van der Waals surface area (Å²) in [6.45, 7) is 3.65. The van der Waals surface area contributed by atoms with Crippen LogP contribution in [0.1, 0.15) is 315 Å². The zero-order chi connectivity index (χ0) is 39.1. The van der Waals surface area contributed by atoms with Crippen molar-refractivity contribution in [2.45, 2.75) is 315 Å². The molecule has 0 N–H and O–H groups in total. The Labute approximate surface area is 346 Å². The molecule has 0 atom stereocenters. The van der Waals surface area contributed by atoms with Crippen molar-refractivity contribution in [2.75, 3.05) is 27.7 Å². The summed E-state index contributed by atoms with van der Waals surface area (Å²) >= 11 is 0. The maximum absolute atomic E-state index is 2.31. The highest BCUT2D eigenvalue weighted by Gasteiger charge is 2.05. The summed E-state index contributed by atoms with van der Waals surface area (Å²) in [5, 5.41) is 0. The van der Waals surface area contributed by atoms with Crippen molar-refractivity contribution >= 4 is 0 Å². The van der Waals surface area contributed by atoms with Crippen LogP contribution in [0.25, 0.3) is 0 Å². The van der Waals surface area contributed by atoms with Crippen LogP contribution in [-0.4, -0.2) is 32.2 Å². The van der Waals surface area contributed by atoms with Crippen molar-refractivity contribution in [2.24, 2.45) is 0 Å². The van der Waals surface area contributed by atoms with Gasteiger partial charge in [0, 0.05) is 0 Å². The minimum atomic E-state index is 1.12. The quantitative estimate of drug-likeness (QED) is 0.0428. The predicted octanol–water partition coefficient (Wildman–Crippen LogP) is 19.4. The van der Waals surface area contributed by atoms with Crippen LogP contribution in [0.4, 0.5) is 0 Å². The van der Waals surface area contributed by atoms with Gasteiger partial charge in [-0.25, -0.2) is 0 Å². The second-order valence-electron chi connectivity index (χ2n) is 19.6. The number of rotatable bonds is 49. The van der Waals surface area contributed by atoms with E-state index in [1.807, 2.05) is 0 Å². The van der Waals surface area contributed by atoms with Crippen LogP contribution in [0.15, 0.2) is 0 Å². The third kappa shape index (κ3) is 52.0. The molecule has 54 heavy (non-hydrogen) atoms. The van der Waals surface area contributed by atoms with Gasteiger partial charge in [-0.05, 0) is 12.8 Å². The highest BCUT2D eigenvalue weighted by molar-refractivity contribution is 4.54. The number of hydrogen-bond donors (Lipinski definition) is 0. The van der Waals surface area contributed by atoms with E-state index >= 15 is 0 Å². The monoisotopic (exact) mass is 761 g/mol. The standard InChI is InChI=1S/C53H110N/c1-5-6-7-8-9-10-11-12-13-14-15-16-17-18-19-20-21-22-23-24-25-26-27-28-29-30-31-32-33-34-35-36-37-38-39-40-41-42-43-44-45-46-47-48-49-50-51-52-53-54(2,3)4/h5-53H2,1-4H3/q+1. The molecule has 0 aliphatic heterocycles. The molecule has 0 aromatic rings. The average Bonchev–Trinajstić information content (AvgIpc) is 3.15. The molecule has 0 aromatic heterocycles. The lowest BCUT2D eigenvalue weighted by atomic mass is 10.0. The van der Waals surface area contributed by atoms with Crippen LogP contribution in [0.5, 0.6) is 0 Å². The second kappa shape index (κ2) is 47.3. The van der Waals surface area contributed by atoms with Crippen molar-refractivity contribution in [1.82, 2.24) is 0 Å². The zero-order valence-electron chi connectivity index (χ0n) is 39.1. The van der Waals surface area contributed by atoms with E-state index < -0.39 is 0 Å². The van der Waals surface area contributed by atoms with Gasteiger partial charge in [0.25, 0.3) is 0 Å². The molecule has 0 saturated carbocycles. The first kappa shape index (κ1) is 54.0. The van der Waals surface area contributed by atoms with E-state index in [9.17, 15) is 0 Å². The Kier molecular flexibility index (Phi) is 47.3. The van der Waals surface area contributed by atoms with Gasteiger partial charge < -0.3 is 4.48 Å². The number of hydrogen-bond acceptors (Lipinski definition) is 0. The fourth-order valence-corrected chi connectivity index (χ4v) is 8.79. The molecule has 0 aromatic carbocycles. The Balaban J connectivity index is 3.06. The summed E-state index contributed by atoms with van der Waals surface area (Å²) < 4.78 is 1.12. The van der Waals surface area contributed by atoms with Crippen molar-refractivity contribution in [3.8, 4) is 0 Å². The highest BCUT2D eigenvalue weighted by Crippen LogP contribution is 2.18. The molecule has 0 heterocycles. The van der Waals surface area contributed by atoms with Gasteiger partial charge in [0.1, 0.15) is 0 Å². The van der Waals surface area contributed by atoms with Gasteiger partial charge in [-0.2, -0.15) is 0 Å². The van der Waals surface area contributed by atoms with E-state index in [0.717, 1.165) is 4.48 Å². The Hall–Kier alpha value is -0.0400. The fraction of sp³-hybridized carbons (Fsp3) is 1.00. The van der Waals surface area contributed by atoms with E-state index in [2.05, 4.69) is 28.1 Å². The van der Waals surface area contributed by atoms with Gasteiger partial charge in [-0.3, -0.25) is 0 Å². The van der Waals surface area contributed by atoms with E-state index in [-0.39, 0.29) is 0 Å². The molecule has 1 heteroatoms. The van der Waals surface area contributed by atoms with E-state index in [1.54, 1.807) is 0 Å². The van der Waals surface area contributed by atoms with Crippen LogP contribution in [0, 0.1) is 0 Å². The van der Waals surface area contributed by atoms with Gasteiger partial charge in [0.05, 0.1) is 27.7 Å². The first-order valence-corrected chi connectivity index (χ1v) is 26.4. The predicted molar refractivity (Wildman–Crippen MR) is 250 cm³/mol. The normalized spacial score (nSPS) is 12.0.